The molecule has 0 aliphatic heterocycles. The molecule has 0 aliphatic carbocycles. The summed E-state index contributed by atoms with van der Waals surface area (Å²) in [6.07, 6.45) is 0. The summed E-state index contributed by atoms with van der Waals surface area (Å²) in [7, 11) is 0. The van der Waals surface area contributed by atoms with Gasteiger partial charge in [0.1, 0.15) is 0 Å². The normalized spacial score (nSPS) is 10.5. The molecule has 1 heterocycles. The molecule has 70 valence electrons. The Morgan fingerprint density at radius 2 is 1.75 bits per heavy atom. The van der Waals surface area contributed by atoms with Gasteiger partial charge in [0.2, 0.25) is 0 Å². The summed E-state index contributed by atoms with van der Waals surface area (Å²) in [6.45, 7) is 6.73. The fraction of sp³-hybridized carbons (Fsp3) is 0.556. The topological polar surface area (TPSA) is 0 Å². The SMILES string of the molecule is CC.Cc1ccc(C(C)(F)F)s1. The van der Waals surface area contributed by atoms with Gasteiger partial charge in [0, 0.05) is 11.8 Å². The summed E-state index contributed by atoms with van der Waals surface area (Å²) in [5, 5.41) is 0. The van der Waals surface area contributed by atoms with Gasteiger partial charge in [0.25, 0.3) is 5.92 Å². The maximum absolute atomic E-state index is 12.5. The van der Waals surface area contributed by atoms with Crippen LogP contribution in [-0.4, -0.2) is 0 Å². The van der Waals surface area contributed by atoms with Gasteiger partial charge in [-0.15, -0.1) is 11.3 Å². The van der Waals surface area contributed by atoms with Crippen molar-refractivity contribution in [3.63, 3.8) is 0 Å². The predicted molar refractivity (Wildman–Crippen MR) is 50.0 cm³/mol. The van der Waals surface area contributed by atoms with Gasteiger partial charge in [-0.25, -0.2) is 8.78 Å². The highest BCUT2D eigenvalue weighted by molar-refractivity contribution is 7.12. The monoisotopic (exact) mass is 192 g/mol. The van der Waals surface area contributed by atoms with Gasteiger partial charge >= 0.3 is 0 Å². The van der Waals surface area contributed by atoms with E-state index in [-0.39, 0.29) is 4.88 Å². The average molecular weight is 192 g/mol. The van der Waals surface area contributed by atoms with Gasteiger partial charge < -0.3 is 0 Å². The predicted octanol–water partition coefficient (Wildman–Crippen LogP) is 4.19. The second-order valence-electron chi connectivity index (χ2n) is 2.30. The molecule has 12 heavy (non-hydrogen) atoms. The standard InChI is InChI=1S/C7H8F2S.C2H6/c1-5-3-4-6(10-5)7(2,8)9;1-2/h3-4H,1-2H3;1-2H3. The van der Waals surface area contributed by atoms with E-state index >= 15 is 0 Å². The van der Waals surface area contributed by atoms with E-state index in [1.54, 1.807) is 6.07 Å². The Balaban J connectivity index is 0.000000561. The molecule has 0 saturated heterocycles. The van der Waals surface area contributed by atoms with Crippen molar-refractivity contribution >= 4 is 11.3 Å². The summed E-state index contributed by atoms with van der Waals surface area (Å²) in [6, 6.07) is 3.18. The molecule has 3 heteroatoms. The van der Waals surface area contributed by atoms with Crippen molar-refractivity contribution in [2.45, 2.75) is 33.6 Å². The molecule has 0 spiro atoms. The van der Waals surface area contributed by atoms with E-state index in [0.717, 1.165) is 23.1 Å². The second kappa shape index (κ2) is 4.55. The fourth-order valence-electron chi connectivity index (χ4n) is 0.670. The zero-order valence-electron chi connectivity index (χ0n) is 7.82. The first-order valence-corrected chi connectivity index (χ1v) is 4.76. The highest BCUT2D eigenvalue weighted by Crippen LogP contribution is 2.32. The van der Waals surface area contributed by atoms with Crippen molar-refractivity contribution in [2.24, 2.45) is 0 Å². The molecule has 0 atom stereocenters. The molecule has 0 saturated carbocycles. The third-order valence-corrected chi connectivity index (χ3v) is 2.35. The molecular formula is C9H14F2S. The van der Waals surface area contributed by atoms with Crippen LogP contribution in [-0.2, 0) is 5.92 Å². The summed E-state index contributed by atoms with van der Waals surface area (Å²) >= 11 is 1.14. The van der Waals surface area contributed by atoms with Crippen molar-refractivity contribution in [1.82, 2.24) is 0 Å². The van der Waals surface area contributed by atoms with Crippen LogP contribution in [0, 0.1) is 6.92 Å². The summed E-state index contributed by atoms with van der Waals surface area (Å²) in [4.78, 5) is 1.07. The Hall–Kier alpha value is -0.440. The Morgan fingerprint density at radius 1 is 1.25 bits per heavy atom. The molecule has 0 fully saturated rings. The quantitative estimate of drug-likeness (QED) is 0.625. The first kappa shape index (κ1) is 11.6. The van der Waals surface area contributed by atoms with E-state index in [2.05, 4.69) is 0 Å². The van der Waals surface area contributed by atoms with Gasteiger partial charge in [0.05, 0.1) is 4.88 Å². The Morgan fingerprint density at radius 3 is 1.92 bits per heavy atom. The number of halogens is 2. The molecule has 0 nitrogen and oxygen atoms in total. The zero-order chi connectivity index (χ0) is 9.78. The summed E-state index contributed by atoms with van der Waals surface area (Å²) in [5.74, 6) is -2.67. The molecule has 0 unspecified atom stereocenters. The van der Waals surface area contributed by atoms with E-state index in [4.69, 9.17) is 0 Å². The highest BCUT2D eigenvalue weighted by atomic mass is 32.1. The largest absolute Gasteiger partial charge is 0.279 e. The van der Waals surface area contributed by atoms with Crippen molar-refractivity contribution in [3.05, 3.63) is 21.9 Å². The lowest BCUT2D eigenvalue weighted by Crippen LogP contribution is -2.02. The maximum atomic E-state index is 12.5. The van der Waals surface area contributed by atoms with Gasteiger partial charge in [-0.05, 0) is 19.1 Å². The molecule has 0 bridgehead atoms. The summed E-state index contributed by atoms with van der Waals surface area (Å²) < 4.78 is 25.0. The van der Waals surface area contributed by atoms with Gasteiger partial charge in [-0.3, -0.25) is 0 Å². The van der Waals surface area contributed by atoms with Gasteiger partial charge in [-0.1, -0.05) is 13.8 Å². The minimum atomic E-state index is -2.67. The highest BCUT2D eigenvalue weighted by Gasteiger charge is 2.25. The maximum Gasteiger partial charge on any atom is 0.279 e. The van der Waals surface area contributed by atoms with Gasteiger partial charge in [0.15, 0.2) is 0 Å². The number of hydrogen-bond donors (Lipinski definition) is 0. The van der Waals surface area contributed by atoms with Crippen molar-refractivity contribution in [3.8, 4) is 0 Å². The van der Waals surface area contributed by atoms with E-state index in [1.165, 1.54) is 6.07 Å². The molecule has 1 aromatic rings. The lowest BCUT2D eigenvalue weighted by Gasteiger charge is -2.04. The van der Waals surface area contributed by atoms with Crippen LogP contribution in [0.2, 0.25) is 0 Å². The third kappa shape index (κ3) is 3.30. The Bertz CT molecular complexity index is 223. The Labute approximate surface area is 76.2 Å². The molecule has 0 aliphatic rings. The van der Waals surface area contributed by atoms with Crippen LogP contribution >= 0.6 is 11.3 Å². The molecular weight excluding hydrogens is 178 g/mol. The van der Waals surface area contributed by atoms with Crippen LogP contribution < -0.4 is 0 Å². The molecule has 1 rings (SSSR count). The average Bonchev–Trinajstić information content (AvgIpc) is 2.39. The van der Waals surface area contributed by atoms with Crippen LogP contribution in [0.15, 0.2) is 12.1 Å². The second-order valence-corrected chi connectivity index (χ2v) is 3.59. The van der Waals surface area contributed by atoms with Crippen LogP contribution in [0.3, 0.4) is 0 Å². The zero-order valence-corrected chi connectivity index (χ0v) is 8.64. The number of alkyl halides is 2. The molecule has 0 radical (unpaired) electrons. The lowest BCUT2D eigenvalue weighted by molar-refractivity contribution is 0.0215. The number of rotatable bonds is 1. The summed E-state index contributed by atoms with van der Waals surface area (Å²) in [5.41, 5.74) is 0. The van der Waals surface area contributed by atoms with E-state index in [9.17, 15) is 8.78 Å². The third-order valence-electron chi connectivity index (χ3n) is 1.17. The smallest absolute Gasteiger partial charge is 0.201 e. The van der Waals surface area contributed by atoms with Crippen molar-refractivity contribution in [2.75, 3.05) is 0 Å². The van der Waals surface area contributed by atoms with Crippen LogP contribution in [0.5, 0.6) is 0 Å². The van der Waals surface area contributed by atoms with Crippen LogP contribution in [0.4, 0.5) is 8.78 Å². The Kier molecular flexibility index (Phi) is 4.39. The van der Waals surface area contributed by atoms with Crippen LogP contribution in [0.25, 0.3) is 0 Å². The minimum Gasteiger partial charge on any atom is -0.201 e. The minimum absolute atomic E-state index is 0.144. The van der Waals surface area contributed by atoms with E-state index in [1.807, 2.05) is 20.8 Å². The lowest BCUT2D eigenvalue weighted by atomic mass is 10.3. The van der Waals surface area contributed by atoms with Crippen molar-refractivity contribution in [1.29, 1.82) is 0 Å². The first-order valence-electron chi connectivity index (χ1n) is 3.95. The molecule has 1 aromatic heterocycles. The molecule has 0 amide bonds. The van der Waals surface area contributed by atoms with E-state index in [0.29, 0.717) is 0 Å². The van der Waals surface area contributed by atoms with Crippen LogP contribution in [0.1, 0.15) is 30.5 Å². The first-order chi connectivity index (χ1) is 5.50. The number of hydrogen-bond acceptors (Lipinski definition) is 1. The molecule has 0 N–H and O–H groups in total. The van der Waals surface area contributed by atoms with Crippen molar-refractivity contribution < 1.29 is 8.78 Å². The number of thiophene rings is 1. The number of aryl methyl sites for hydroxylation is 1. The van der Waals surface area contributed by atoms with Gasteiger partial charge in [-0.2, -0.15) is 0 Å². The molecule has 0 aromatic carbocycles. The van der Waals surface area contributed by atoms with E-state index < -0.39 is 5.92 Å². The fourth-order valence-corrected chi connectivity index (χ4v) is 1.47.